The summed E-state index contributed by atoms with van der Waals surface area (Å²) in [4.78, 5) is 15.0. The maximum absolute atomic E-state index is 13.1. The number of aromatic nitrogens is 1. The third-order valence-electron chi connectivity index (χ3n) is 6.69. The Hall–Kier alpha value is -2.63. The Morgan fingerprint density at radius 1 is 1.23 bits per heavy atom. The molecule has 2 fully saturated rings. The van der Waals surface area contributed by atoms with Gasteiger partial charge < -0.3 is 19.4 Å². The number of amides is 1. The van der Waals surface area contributed by atoms with Gasteiger partial charge in [0.25, 0.3) is 0 Å². The van der Waals surface area contributed by atoms with Crippen molar-refractivity contribution >= 4 is 11.8 Å². The summed E-state index contributed by atoms with van der Waals surface area (Å²) in [5, 5.41) is 3.89. The molecule has 1 saturated heterocycles. The van der Waals surface area contributed by atoms with E-state index in [9.17, 15) is 4.79 Å². The standard InChI is InChI=1S/C24H31N3O3/c1-15-8-10-19-21(27(19)22(28)30-23(2,3)4)24(14-15)20-7-6-12-26(20)18-11-9-16(29-5)13-17(18)25-24/h6-7,9,11-13,15,19,21,25H,8,10,14H2,1-5H3. The third kappa shape index (κ3) is 2.88. The molecule has 1 amide bonds. The van der Waals surface area contributed by atoms with Crippen LogP contribution < -0.4 is 10.1 Å². The zero-order valence-corrected chi connectivity index (χ0v) is 18.4. The number of anilines is 1. The number of methoxy groups -OCH3 is 1. The molecule has 1 saturated carbocycles. The second-order valence-electron chi connectivity index (χ2n) is 10.0. The molecular formula is C24H31N3O3. The van der Waals surface area contributed by atoms with Gasteiger partial charge in [-0.15, -0.1) is 0 Å². The van der Waals surface area contributed by atoms with E-state index < -0.39 is 5.60 Å². The molecule has 1 aromatic carbocycles. The lowest BCUT2D eigenvalue weighted by Crippen LogP contribution is -2.48. The van der Waals surface area contributed by atoms with Crippen LogP contribution in [-0.4, -0.2) is 40.4 Å². The molecule has 30 heavy (non-hydrogen) atoms. The summed E-state index contributed by atoms with van der Waals surface area (Å²) in [5.74, 6) is 1.38. The average molecular weight is 410 g/mol. The first-order chi connectivity index (χ1) is 14.2. The monoisotopic (exact) mass is 409 g/mol. The Labute approximate surface area is 178 Å². The van der Waals surface area contributed by atoms with Crippen molar-refractivity contribution in [1.82, 2.24) is 9.47 Å². The minimum absolute atomic E-state index is 0.0744. The van der Waals surface area contributed by atoms with Gasteiger partial charge in [0.2, 0.25) is 0 Å². The zero-order valence-electron chi connectivity index (χ0n) is 18.4. The highest BCUT2D eigenvalue weighted by molar-refractivity contribution is 5.76. The number of nitrogens with one attached hydrogen (secondary N) is 1. The molecule has 1 spiro atoms. The molecule has 3 heterocycles. The lowest BCUT2D eigenvalue weighted by atomic mass is 9.80. The summed E-state index contributed by atoms with van der Waals surface area (Å²) >= 11 is 0. The van der Waals surface area contributed by atoms with Gasteiger partial charge in [0.15, 0.2) is 0 Å². The highest BCUT2D eigenvalue weighted by Crippen LogP contribution is 2.55. The van der Waals surface area contributed by atoms with E-state index in [2.05, 4.69) is 47.3 Å². The van der Waals surface area contributed by atoms with Gasteiger partial charge in [0.05, 0.1) is 36.3 Å². The lowest BCUT2D eigenvalue weighted by molar-refractivity contribution is 0.0369. The predicted molar refractivity (Wildman–Crippen MR) is 116 cm³/mol. The van der Waals surface area contributed by atoms with Crippen molar-refractivity contribution in [3.05, 3.63) is 42.2 Å². The molecule has 1 N–H and O–H groups in total. The highest BCUT2D eigenvalue weighted by atomic mass is 16.6. The van der Waals surface area contributed by atoms with E-state index in [-0.39, 0.29) is 23.7 Å². The Bertz CT molecular complexity index is 992. The number of likely N-dealkylation sites (tertiary alicyclic amines) is 1. The number of rotatable bonds is 1. The average Bonchev–Trinajstić information content (AvgIpc) is 3.24. The molecule has 4 atom stereocenters. The van der Waals surface area contributed by atoms with Crippen molar-refractivity contribution in [2.24, 2.45) is 5.92 Å². The molecule has 3 aliphatic rings. The first kappa shape index (κ1) is 19.3. The Morgan fingerprint density at radius 2 is 2.03 bits per heavy atom. The van der Waals surface area contributed by atoms with Gasteiger partial charge in [-0.05, 0) is 70.2 Å². The van der Waals surface area contributed by atoms with Crippen LogP contribution in [0.25, 0.3) is 5.69 Å². The number of hydrogen-bond acceptors (Lipinski definition) is 4. The number of fused-ring (bicyclic) bond motifs is 6. The van der Waals surface area contributed by atoms with E-state index in [0.717, 1.165) is 36.4 Å². The Kier molecular flexibility index (Phi) is 4.15. The number of hydrogen-bond donors (Lipinski definition) is 1. The minimum atomic E-state index is -0.500. The van der Waals surface area contributed by atoms with Crippen molar-refractivity contribution in [3.8, 4) is 11.4 Å². The topological polar surface area (TPSA) is 55.5 Å². The lowest BCUT2D eigenvalue weighted by Gasteiger charge is -2.42. The Morgan fingerprint density at radius 3 is 2.77 bits per heavy atom. The van der Waals surface area contributed by atoms with Crippen molar-refractivity contribution < 1.29 is 14.3 Å². The fraction of sp³-hybridized carbons (Fsp3) is 0.542. The van der Waals surface area contributed by atoms with Gasteiger partial charge in [-0.25, -0.2) is 4.79 Å². The summed E-state index contributed by atoms with van der Waals surface area (Å²) < 4.78 is 13.5. The normalized spacial score (nSPS) is 29.2. The van der Waals surface area contributed by atoms with E-state index in [1.165, 1.54) is 5.69 Å². The number of benzene rings is 1. The highest BCUT2D eigenvalue weighted by Gasteiger charge is 2.66. The first-order valence-corrected chi connectivity index (χ1v) is 10.9. The van der Waals surface area contributed by atoms with Gasteiger partial charge in [-0.2, -0.15) is 0 Å². The molecule has 0 radical (unpaired) electrons. The fourth-order valence-corrected chi connectivity index (χ4v) is 5.53. The molecule has 1 aliphatic carbocycles. The van der Waals surface area contributed by atoms with Crippen molar-refractivity contribution in [2.75, 3.05) is 12.4 Å². The minimum Gasteiger partial charge on any atom is -0.497 e. The van der Waals surface area contributed by atoms with Gasteiger partial charge >= 0.3 is 6.09 Å². The summed E-state index contributed by atoms with van der Waals surface area (Å²) in [6, 6.07) is 10.7. The van der Waals surface area contributed by atoms with Crippen LogP contribution in [0.5, 0.6) is 5.75 Å². The molecule has 2 aromatic rings. The summed E-state index contributed by atoms with van der Waals surface area (Å²) in [6.45, 7) is 8.10. The second-order valence-corrected chi connectivity index (χ2v) is 10.0. The first-order valence-electron chi connectivity index (χ1n) is 10.9. The maximum atomic E-state index is 13.1. The summed E-state index contributed by atoms with van der Waals surface area (Å²) in [7, 11) is 1.69. The molecule has 4 unspecified atom stereocenters. The third-order valence-corrected chi connectivity index (χ3v) is 6.69. The SMILES string of the molecule is COc1ccc2c(c1)NC1(CC(C)CCC3C1N3C(=O)OC(C)(C)C)c1cccn1-2. The molecule has 1 aromatic heterocycles. The molecule has 0 bridgehead atoms. The molecule has 160 valence electrons. The van der Waals surface area contributed by atoms with Crippen LogP contribution in [0.1, 0.15) is 52.7 Å². The number of carbonyl (C=O) groups is 1. The molecule has 6 nitrogen and oxygen atoms in total. The van der Waals surface area contributed by atoms with Crippen molar-refractivity contribution in [1.29, 1.82) is 0 Å². The molecule has 2 aliphatic heterocycles. The number of ether oxygens (including phenoxy) is 2. The van der Waals surface area contributed by atoms with E-state index in [1.54, 1.807) is 7.11 Å². The fourth-order valence-electron chi connectivity index (χ4n) is 5.53. The molecule has 5 rings (SSSR count). The predicted octanol–water partition coefficient (Wildman–Crippen LogP) is 4.91. The van der Waals surface area contributed by atoms with Gasteiger partial charge in [0.1, 0.15) is 16.9 Å². The van der Waals surface area contributed by atoms with Crippen LogP contribution >= 0.6 is 0 Å². The van der Waals surface area contributed by atoms with Gasteiger partial charge in [-0.3, -0.25) is 4.90 Å². The number of nitrogens with zero attached hydrogens (tertiary/aromatic N) is 2. The van der Waals surface area contributed by atoms with Crippen LogP contribution in [0.3, 0.4) is 0 Å². The smallest absolute Gasteiger partial charge is 0.411 e. The van der Waals surface area contributed by atoms with E-state index >= 15 is 0 Å². The van der Waals surface area contributed by atoms with Crippen molar-refractivity contribution in [3.63, 3.8) is 0 Å². The molecule has 6 heteroatoms. The van der Waals surface area contributed by atoms with Gasteiger partial charge in [-0.1, -0.05) is 6.92 Å². The van der Waals surface area contributed by atoms with E-state index in [4.69, 9.17) is 9.47 Å². The van der Waals surface area contributed by atoms with Crippen LogP contribution in [-0.2, 0) is 10.3 Å². The summed E-state index contributed by atoms with van der Waals surface area (Å²) in [5.41, 5.74) is 2.52. The quantitative estimate of drug-likeness (QED) is 0.680. The van der Waals surface area contributed by atoms with Crippen LogP contribution in [0.15, 0.2) is 36.5 Å². The van der Waals surface area contributed by atoms with Gasteiger partial charge in [0, 0.05) is 12.3 Å². The zero-order chi connectivity index (χ0) is 21.3. The summed E-state index contributed by atoms with van der Waals surface area (Å²) in [6.07, 6.45) is 5.00. The molecular weight excluding hydrogens is 378 g/mol. The van der Waals surface area contributed by atoms with Crippen LogP contribution in [0.4, 0.5) is 10.5 Å². The largest absolute Gasteiger partial charge is 0.497 e. The van der Waals surface area contributed by atoms with Crippen LogP contribution in [0.2, 0.25) is 0 Å². The van der Waals surface area contributed by atoms with Crippen LogP contribution in [0, 0.1) is 5.92 Å². The number of carbonyl (C=O) groups excluding carboxylic acids is 1. The van der Waals surface area contributed by atoms with Crippen molar-refractivity contribution in [2.45, 2.75) is 70.2 Å². The Balaban J connectivity index is 1.60. The van der Waals surface area contributed by atoms with E-state index in [1.807, 2.05) is 31.7 Å². The van der Waals surface area contributed by atoms with E-state index in [0.29, 0.717) is 5.92 Å². The second kappa shape index (κ2) is 6.43. The maximum Gasteiger partial charge on any atom is 0.411 e.